The van der Waals surface area contributed by atoms with Crippen molar-refractivity contribution in [3.05, 3.63) is 29.6 Å². The number of guanidine groups is 1. The molecule has 30 heavy (non-hydrogen) atoms. The van der Waals surface area contributed by atoms with Crippen LogP contribution in [0.25, 0.3) is 0 Å². The van der Waals surface area contributed by atoms with Gasteiger partial charge in [-0.15, -0.1) is 24.0 Å². The number of anilines is 1. The van der Waals surface area contributed by atoms with E-state index in [4.69, 9.17) is 4.74 Å². The van der Waals surface area contributed by atoms with Gasteiger partial charge in [-0.1, -0.05) is 6.07 Å². The Balaban J connectivity index is 0.00000450. The highest BCUT2D eigenvalue weighted by Crippen LogP contribution is 2.22. The van der Waals surface area contributed by atoms with E-state index in [1.807, 2.05) is 24.0 Å². The van der Waals surface area contributed by atoms with E-state index in [1.54, 1.807) is 6.07 Å². The largest absolute Gasteiger partial charge is 0.378 e. The first-order valence-corrected chi connectivity index (χ1v) is 10.8. The van der Waals surface area contributed by atoms with Gasteiger partial charge < -0.3 is 20.3 Å². The van der Waals surface area contributed by atoms with Gasteiger partial charge in [-0.3, -0.25) is 4.90 Å². The first kappa shape index (κ1) is 26.9. The number of hydrogen-bond acceptors (Lipinski definition) is 4. The lowest BCUT2D eigenvalue weighted by molar-refractivity contribution is 0.122. The van der Waals surface area contributed by atoms with Gasteiger partial charge in [0.05, 0.1) is 25.4 Å². The van der Waals surface area contributed by atoms with E-state index in [-0.39, 0.29) is 29.8 Å². The first-order valence-electron chi connectivity index (χ1n) is 10.8. The predicted octanol–water partition coefficient (Wildman–Crippen LogP) is 3.45. The molecule has 0 radical (unpaired) electrons. The van der Waals surface area contributed by atoms with Gasteiger partial charge in [0, 0.05) is 44.8 Å². The van der Waals surface area contributed by atoms with Crippen molar-refractivity contribution in [2.45, 2.75) is 53.2 Å². The number of ether oxygens (including phenoxy) is 1. The van der Waals surface area contributed by atoms with Crippen LogP contribution < -0.4 is 15.5 Å². The van der Waals surface area contributed by atoms with E-state index < -0.39 is 0 Å². The second-order valence-electron chi connectivity index (χ2n) is 7.93. The topological polar surface area (TPSA) is 52.1 Å². The lowest BCUT2D eigenvalue weighted by Gasteiger charge is -2.30. The highest BCUT2D eigenvalue weighted by molar-refractivity contribution is 14.0. The molecule has 2 rings (SSSR count). The molecule has 1 heterocycles. The van der Waals surface area contributed by atoms with E-state index in [0.717, 1.165) is 44.2 Å². The molecule has 1 aliphatic heterocycles. The van der Waals surface area contributed by atoms with Crippen molar-refractivity contribution in [1.82, 2.24) is 15.5 Å². The third kappa shape index (κ3) is 8.55. The van der Waals surface area contributed by atoms with Crippen molar-refractivity contribution >= 4 is 35.6 Å². The summed E-state index contributed by atoms with van der Waals surface area (Å²) in [5.74, 6) is 0.569. The summed E-state index contributed by atoms with van der Waals surface area (Å²) >= 11 is 0. The van der Waals surface area contributed by atoms with Crippen molar-refractivity contribution in [3.63, 3.8) is 0 Å². The van der Waals surface area contributed by atoms with Gasteiger partial charge in [-0.2, -0.15) is 0 Å². The number of hydrogen-bond donors (Lipinski definition) is 2. The van der Waals surface area contributed by atoms with Gasteiger partial charge in [0.2, 0.25) is 0 Å². The molecule has 0 saturated carbocycles. The van der Waals surface area contributed by atoms with Gasteiger partial charge in [0.15, 0.2) is 5.96 Å². The number of rotatable bonds is 9. The first-order chi connectivity index (χ1) is 13.9. The summed E-state index contributed by atoms with van der Waals surface area (Å²) < 4.78 is 19.9. The molecule has 0 unspecified atom stereocenters. The summed E-state index contributed by atoms with van der Waals surface area (Å²) in [7, 11) is 0. The molecule has 172 valence electrons. The number of aliphatic imine (C=N–C) groups is 1. The summed E-state index contributed by atoms with van der Waals surface area (Å²) in [5, 5.41) is 6.66. The summed E-state index contributed by atoms with van der Waals surface area (Å²) in [6, 6.07) is 6.42. The second kappa shape index (κ2) is 14.0. The molecular weight excluding hydrogens is 496 g/mol. The van der Waals surface area contributed by atoms with E-state index in [1.165, 1.54) is 0 Å². The highest BCUT2D eigenvalue weighted by Gasteiger charge is 2.15. The SMILES string of the molecule is CCNC(=NCc1ccc(N2CCOCC2)c(F)c1)NCCN(C(C)C)C(C)C.I. The number of benzene rings is 1. The Hall–Kier alpha value is -1.13. The Morgan fingerprint density at radius 2 is 1.83 bits per heavy atom. The Labute approximate surface area is 198 Å². The Morgan fingerprint density at radius 3 is 2.40 bits per heavy atom. The zero-order chi connectivity index (χ0) is 21.2. The molecule has 0 amide bonds. The van der Waals surface area contributed by atoms with Crippen molar-refractivity contribution in [2.75, 3.05) is 50.8 Å². The van der Waals surface area contributed by atoms with Crippen molar-refractivity contribution < 1.29 is 9.13 Å². The summed E-state index contributed by atoms with van der Waals surface area (Å²) in [6.07, 6.45) is 0. The van der Waals surface area contributed by atoms with Crippen LogP contribution in [-0.2, 0) is 11.3 Å². The molecular formula is C22H39FIN5O. The average Bonchev–Trinajstić information content (AvgIpc) is 2.69. The van der Waals surface area contributed by atoms with Gasteiger partial charge in [-0.05, 0) is 52.3 Å². The van der Waals surface area contributed by atoms with Gasteiger partial charge in [-0.25, -0.2) is 9.38 Å². The molecule has 1 aromatic rings. The molecule has 2 N–H and O–H groups in total. The summed E-state index contributed by atoms with van der Waals surface area (Å²) in [4.78, 5) is 9.10. The minimum Gasteiger partial charge on any atom is -0.378 e. The van der Waals surface area contributed by atoms with Crippen molar-refractivity contribution in [3.8, 4) is 0 Å². The molecule has 8 heteroatoms. The van der Waals surface area contributed by atoms with Crippen LogP contribution in [0, 0.1) is 5.82 Å². The molecule has 0 spiro atoms. The lowest BCUT2D eigenvalue weighted by atomic mass is 10.1. The van der Waals surface area contributed by atoms with E-state index >= 15 is 0 Å². The monoisotopic (exact) mass is 535 g/mol. The van der Waals surface area contributed by atoms with E-state index in [2.05, 4.69) is 48.2 Å². The fourth-order valence-electron chi connectivity index (χ4n) is 3.64. The molecule has 0 atom stereocenters. The number of nitrogens with zero attached hydrogens (tertiary/aromatic N) is 3. The number of halogens is 2. The summed E-state index contributed by atoms with van der Waals surface area (Å²) in [5.41, 5.74) is 1.51. The fourth-order valence-corrected chi connectivity index (χ4v) is 3.64. The molecule has 1 aliphatic rings. The van der Waals surface area contributed by atoms with Crippen LogP contribution in [0.15, 0.2) is 23.2 Å². The van der Waals surface area contributed by atoms with Crippen molar-refractivity contribution in [2.24, 2.45) is 4.99 Å². The maximum absolute atomic E-state index is 14.6. The van der Waals surface area contributed by atoms with E-state index in [0.29, 0.717) is 37.5 Å². The van der Waals surface area contributed by atoms with Gasteiger partial charge in [0.25, 0.3) is 0 Å². The molecule has 1 aromatic carbocycles. The molecule has 1 fully saturated rings. The molecule has 0 aromatic heterocycles. The molecule has 0 aliphatic carbocycles. The zero-order valence-electron chi connectivity index (χ0n) is 19.1. The van der Waals surface area contributed by atoms with Crippen LogP contribution in [0.5, 0.6) is 0 Å². The van der Waals surface area contributed by atoms with Crippen LogP contribution in [0.3, 0.4) is 0 Å². The third-order valence-corrected chi connectivity index (χ3v) is 5.12. The Bertz CT molecular complexity index is 642. The fraction of sp³-hybridized carbons (Fsp3) is 0.682. The predicted molar refractivity (Wildman–Crippen MR) is 135 cm³/mol. The van der Waals surface area contributed by atoms with Crippen LogP contribution in [0.1, 0.15) is 40.2 Å². The summed E-state index contributed by atoms with van der Waals surface area (Å²) in [6.45, 7) is 16.6. The lowest BCUT2D eigenvalue weighted by Crippen LogP contribution is -2.45. The van der Waals surface area contributed by atoms with Crippen molar-refractivity contribution in [1.29, 1.82) is 0 Å². The normalized spacial score (nSPS) is 15.0. The highest BCUT2D eigenvalue weighted by atomic mass is 127. The zero-order valence-corrected chi connectivity index (χ0v) is 21.4. The van der Waals surface area contributed by atoms with Crippen LogP contribution >= 0.6 is 24.0 Å². The average molecular weight is 535 g/mol. The third-order valence-electron chi connectivity index (χ3n) is 5.12. The Kier molecular flexibility index (Phi) is 12.6. The molecule has 1 saturated heterocycles. The minimum absolute atomic E-state index is 0. The quantitative estimate of drug-likeness (QED) is 0.288. The van der Waals surface area contributed by atoms with Crippen LogP contribution in [-0.4, -0.2) is 68.9 Å². The van der Waals surface area contributed by atoms with Crippen LogP contribution in [0.2, 0.25) is 0 Å². The van der Waals surface area contributed by atoms with Crippen LogP contribution in [0.4, 0.5) is 10.1 Å². The molecule has 0 bridgehead atoms. The number of nitrogens with one attached hydrogen (secondary N) is 2. The molecule has 6 nitrogen and oxygen atoms in total. The minimum atomic E-state index is -0.193. The van der Waals surface area contributed by atoms with Gasteiger partial charge >= 0.3 is 0 Å². The standard InChI is InChI=1S/C22H38FN5O.HI/c1-6-24-22(25-9-10-28(17(2)3)18(4)5)26-16-19-7-8-21(20(23)15-19)27-11-13-29-14-12-27;/h7-8,15,17-18H,6,9-14,16H2,1-5H3,(H2,24,25,26);1H. The van der Waals surface area contributed by atoms with E-state index in [9.17, 15) is 4.39 Å². The maximum atomic E-state index is 14.6. The Morgan fingerprint density at radius 1 is 1.17 bits per heavy atom. The van der Waals surface area contributed by atoms with Gasteiger partial charge in [0.1, 0.15) is 5.82 Å². The second-order valence-corrected chi connectivity index (χ2v) is 7.93. The maximum Gasteiger partial charge on any atom is 0.191 e. The smallest absolute Gasteiger partial charge is 0.191 e. The number of morpholine rings is 1.